The maximum Gasteiger partial charge on any atom is 0.0548 e. The molecule has 0 amide bonds. The number of benzene rings is 7. The molecule has 0 N–H and O–H groups in total. The quantitative estimate of drug-likeness (QED) is 0.213. The van der Waals surface area contributed by atoms with Crippen molar-refractivity contribution in [2.45, 2.75) is 0 Å². The van der Waals surface area contributed by atoms with E-state index in [0.29, 0.717) is 0 Å². The standard InChI is InChI=1S/C40H26N2/c1-3-11-27(12-4-1)30-20-22-34-38(26-30)42(32-21-19-28-13-7-8-14-29(28)25-32)37-24-23-36-39(40(34)37)33-17-9-10-18-35(33)41(36)31-15-5-2-6-16-31/h1-26H. The largest absolute Gasteiger partial charge is 0.309 e. The van der Waals surface area contributed by atoms with Gasteiger partial charge in [-0.2, -0.15) is 0 Å². The Kier molecular flexibility index (Phi) is 4.93. The number of aromatic nitrogens is 2. The molecule has 0 radical (unpaired) electrons. The smallest absolute Gasteiger partial charge is 0.0548 e. The van der Waals surface area contributed by atoms with Crippen LogP contribution in [0.15, 0.2) is 158 Å². The van der Waals surface area contributed by atoms with Gasteiger partial charge in [-0.3, -0.25) is 0 Å². The lowest BCUT2D eigenvalue weighted by atomic mass is 10.0. The number of nitrogens with zero attached hydrogens (tertiary/aromatic N) is 2. The molecule has 9 rings (SSSR count). The molecule has 2 heteroatoms. The van der Waals surface area contributed by atoms with E-state index in [4.69, 9.17) is 0 Å². The molecule has 0 aliphatic rings. The first-order valence-electron chi connectivity index (χ1n) is 14.5. The molecular weight excluding hydrogens is 508 g/mol. The van der Waals surface area contributed by atoms with Crippen LogP contribution in [-0.4, -0.2) is 9.13 Å². The highest BCUT2D eigenvalue weighted by atomic mass is 15.0. The Hall–Kier alpha value is -5.60. The summed E-state index contributed by atoms with van der Waals surface area (Å²) in [6.07, 6.45) is 0. The molecule has 0 atom stereocenters. The molecule has 42 heavy (non-hydrogen) atoms. The molecule has 196 valence electrons. The van der Waals surface area contributed by atoms with Crippen LogP contribution in [0.25, 0.3) is 76.9 Å². The minimum Gasteiger partial charge on any atom is -0.309 e. The van der Waals surface area contributed by atoms with Gasteiger partial charge in [0, 0.05) is 32.9 Å². The summed E-state index contributed by atoms with van der Waals surface area (Å²) in [7, 11) is 0. The van der Waals surface area contributed by atoms with E-state index in [-0.39, 0.29) is 0 Å². The summed E-state index contributed by atoms with van der Waals surface area (Å²) in [6.45, 7) is 0. The second-order valence-electron chi connectivity index (χ2n) is 11.0. The number of para-hydroxylation sites is 2. The molecular formula is C40H26N2. The Labute approximate surface area is 243 Å². The molecule has 0 fully saturated rings. The fraction of sp³-hybridized carbons (Fsp3) is 0. The van der Waals surface area contributed by atoms with Gasteiger partial charge in [0.25, 0.3) is 0 Å². The van der Waals surface area contributed by atoms with Crippen molar-refractivity contribution >= 4 is 54.4 Å². The Bertz CT molecular complexity index is 2440. The predicted octanol–water partition coefficient (Wildman–Crippen LogP) is 10.7. The molecule has 0 saturated carbocycles. The van der Waals surface area contributed by atoms with E-state index >= 15 is 0 Å². The molecule has 0 unspecified atom stereocenters. The lowest BCUT2D eigenvalue weighted by Gasteiger charge is -2.11. The van der Waals surface area contributed by atoms with Crippen molar-refractivity contribution in [3.8, 4) is 22.5 Å². The second kappa shape index (κ2) is 8.95. The summed E-state index contributed by atoms with van der Waals surface area (Å²) in [6, 6.07) is 57.2. The summed E-state index contributed by atoms with van der Waals surface area (Å²) in [4.78, 5) is 0. The predicted molar refractivity (Wildman–Crippen MR) is 178 cm³/mol. The van der Waals surface area contributed by atoms with Crippen LogP contribution in [0.3, 0.4) is 0 Å². The van der Waals surface area contributed by atoms with Crippen molar-refractivity contribution in [1.82, 2.24) is 9.13 Å². The van der Waals surface area contributed by atoms with Gasteiger partial charge in [-0.25, -0.2) is 0 Å². The number of hydrogen-bond acceptors (Lipinski definition) is 0. The van der Waals surface area contributed by atoms with Crippen LogP contribution in [0.5, 0.6) is 0 Å². The zero-order chi connectivity index (χ0) is 27.6. The van der Waals surface area contributed by atoms with E-state index in [0.717, 1.165) is 0 Å². The lowest BCUT2D eigenvalue weighted by molar-refractivity contribution is 1.17. The molecule has 0 saturated heterocycles. The Morgan fingerprint density at radius 3 is 1.71 bits per heavy atom. The summed E-state index contributed by atoms with van der Waals surface area (Å²) in [5.74, 6) is 0. The van der Waals surface area contributed by atoms with Gasteiger partial charge in [-0.15, -0.1) is 0 Å². The van der Waals surface area contributed by atoms with Crippen LogP contribution < -0.4 is 0 Å². The van der Waals surface area contributed by atoms with Crippen LogP contribution in [0.2, 0.25) is 0 Å². The first-order valence-corrected chi connectivity index (χ1v) is 14.5. The molecule has 2 aromatic heterocycles. The summed E-state index contributed by atoms with van der Waals surface area (Å²) >= 11 is 0. The first kappa shape index (κ1) is 23.1. The van der Waals surface area contributed by atoms with Crippen LogP contribution in [0, 0.1) is 0 Å². The van der Waals surface area contributed by atoms with Gasteiger partial charge >= 0.3 is 0 Å². The molecule has 0 bridgehead atoms. The zero-order valence-electron chi connectivity index (χ0n) is 22.9. The van der Waals surface area contributed by atoms with Gasteiger partial charge < -0.3 is 9.13 Å². The van der Waals surface area contributed by atoms with Gasteiger partial charge in [-0.05, 0) is 70.4 Å². The van der Waals surface area contributed by atoms with Crippen molar-refractivity contribution in [1.29, 1.82) is 0 Å². The Morgan fingerprint density at radius 2 is 0.929 bits per heavy atom. The molecule has 9 aromatic rings. The minimum atomic E-state index is 1.17. The maximum absolute atomic E-state index is 2.46. The van der Waals surface area contributed by atoms with E-state index in [1.807, 2.05) is 0 Å². The maximum atomic E-state index is 2.46. The molecule has 2 nitrogen and oxygen atoms in total. The van der Waals surface area contributed by atoms with E-state index in [1.165, 1.54) is 76.9 Å². The van der Waals surface area contributed by atoms with Crippen LogP contribution in [0.1, 0.15) is 0 Å². The second-order valence-corrected chi connectivity index (χ2v) is 11.0. The highest BCUT2D eigenvalue weighted by molar-refractivity contribution is 6.29. The van der Waals surface area contributed by atoms with Gasteiger partial charge in [-0.1, -0.05) is 109 Å². The summed E-state index contributed by atoms with van der Waals surface area (Å²) in [5, 5.41) is 7.61. The third-order valence-electron chi connectivity index (χ3n) is 8.68. The fourth-order valence-electron chi connectivity index (χ4n) is 6.83. The van der Waals surface area contributed by atoms with Crippen molar-refractivity contribution in [2.75, 3.05) is 0 Å². The Balaban J connectivity index is 1.46. The van der Waals surface area contributed by atoms with E-state index in [1.54, 1.807) is 0 Å². The first-order chi connectivity index (χ1) is 20.8. The van der Waals surface area contributed by atoms with Gasteiger partial charge in [0.05, 0.1) is 22.1 Å². The van der Waals surface area contributed by atoms with Crippen LogP contribution in [-0.2, 0) is 0 Å². The number of hydrogen-bond donors (Lipinski definition) is 0. The monoisotopic (exact) mass is 534 g/mol. The third kappa shape index (κ3) is 3.33. The lowest BCUT2D eigenvalue weighted by Crippen LogP contribution is -1.95. The molecule has 0 aliphatic heterocycles. The average Bonchev–Trinajstić information content (AvgIpc) is 3.57. The molecule has 0 spiro atoms. The molecule has 2 heterocycles. The zero-order valence-corrected chi connectivity index (χ0v) is 22.9. The highest BCUT2D eigenvalue weighted by Crippen LogP contribution is 2.43. The van der Waals surface area contributed by atoms with Crippen LogP contribution >= 0.6 is 0 Å². The number of rotatable bonds is 3. The van der Waals surface area contributed by atoms with E-state index in [2.05, 4.69) is 167 Å². The Morgan fingerprint density at radius 1 is 0.310 bits per heavy atom. The van der Waals surface area contributed by atoms with Crippen LogP contribution in [0.4, 0.5) is 0 Å². The topological polar surface area (TPSA) is 9.86 Å². The van der Waals surface area contributed by atoms with Gasteiger partial charge in [0.1, 0.15) is 0 Å². The number of fused-ring (bicyclic) bond motifs is 8. The fourth-order valence-corrected chi connectivity index (χ4v) is 6.83. The van der Waals surface area contributed by atoms with Crippen molar-refractivity contribution in [2.24, 2.45) is 0 Å². The molecule has 7 aromatic carbocycles. The van der Waals surface area contributed by atoms with Crippen molar-refractivity contribution < 1.29 is 0 Å². The van der Waals surface area contributed by atoms with Gasteiger partial charge in [0.15, 0.2) is 0 Å². The SMILES string of the molecule is c1ccc(-c2ccc3c4c5c6ccccc6n(-c6ccccc6)c5ccc4n(-c4ccc5ccccc5c4)c3c2)cc1. The third-order valence-corrected chi connectivity index (χ3v) is 8.68. The van der Waals surface area contributed by atoms with E-state index in [9.17, 15) is 0 Å². The van der Waals surface area contributed by atoms with Gasteiger partial charge in [0.2, 0.25) is 0 Å². The van der Waals surface area contributed by atoms with E-state index < -0.39 is 0 Å². The van der Waals surface area contributed by atoms with Crippen molar-refractivity contribution in [3.63, 3.8) is 0 Å². The average molecular weight is 535 g/mol. The van der Waals surface area contributed by atoms with Crippen molar-refractivity contribution in [3.05, 3.63) is 158 Å². The summed E-state index contributed by atoms with van der Waals surface area (Å²) in [5.41, 5.74) is 9.66. The highest BCUT2D eigenvalue weighted by Gasteiger charge is 2.21. The normalized spacial score (nSPS) is 11.8. The molecule has 0 aliphatic carbocycles. The summed E-state index contributed by atoms with van der Waals surface area (Å²) < 4.78 is 4.86. The minimum absolute atomic E-state index is 1.17.